The maximum atomic E-state index is 11.8. The second-order valence-electron chi connectivity index (χ2n) is 7.87. The number of benzene rings is 1. The summed E-state index contributed by atoms with van der Waals surface area (Å²) in [5.41, 5.74) is 1.05. The zero-order chi connectivity index (χ0) is 20.4. The molecule has 1 aromatic heterocycles. The van der Waals surface area contributed by atoms with Gasteiger partial charge in [0.1, 0.15) is 6.54 Å². The molecule has 0 aliphatic heterocycles. The molecule has 0 saturated heterocycles. The third kappa shape index (κ3) is 5.34. The molecule has 2 rings (SSSR count). The Morgan fingerprint density at radius 1 is 1.26 bits per heavy atom. The largest absolute Gasteiger partial charge is 0.427 e. The number of carbonyl (C=O) groups is 1. The zero-order valence-electron chi connectivity index (χ0n) is 16.8. The lowest BCUT2D eigenvalue weighted by atomic mass is 9.82. The SMILES string of the molecule is CN(C)C(=O)Cn1cc(-c2ccc(BOC(C)(C)C(C)(C)O)cc2)c(Cl)n1. The number of likely N-dealkylation sites (N-methyl/N-ethyl adjacent to an activating group) is 1. The minimum absolute atomic E-state index is 0.0531. The molecule has 146 valence electrons. The summed E-state index contributed by atoms with van der Waals surface area (Å²) in [6.07, 6.45) is 1.77. The molecule has 0 atom stereocenters. The van der Waals surface area contributed by atoms with Crippen molar-refractivity contribution in [2.75, 3.05) is 14.1 Å². The quantitative estimate of drug-likeness (QED) is 0.731. The van der Waals surface area contributed by atoms with E-state index >= 15 is 0 Å². The Morgan fingerprint density at radius 2 is 1.85 bits per heavy atom. The van der Waals surface area contributed by atoms with Crippen molar-refractivity contribution < 1.29 is 14.6 Å². The van der Waals surface area contributed by atoms with Gasteiger partial charge in [-0.3, -0.25) is 9.48 Å². The summed E-state index contributed by atoms with van der Waals surface area (Å²) in [6, 6.07) is 7.79. The monoisotopic (exact) mass is 391 g/mol. The van der Waals surface area contributed by atoms with Crippen molar-refractivity contribution in [3.05, 3.63) is 35.6 Å². The van der Waals surface area contributed by atoms with Crippen LogP contribution in [0, 0.1) is 0 Å². The van der Waals surface area contributed by atoms with E-state index in [0.29, 0.717) is 12.6 Å². The van der Waals surface area contributed by atoms with Crippen molar-refractivity contribution in [3.63, 3.8) is 0 Å². The summed E-state index contributed by atoms with van der Waals surface area (Å²) in [5.74, 6) is -0.0531. The van der Waals surface area contributed by atoms with E-state index in [0.717, 1.165) is 16.6 Å². The standard InChI is InChI=1S/C19H27BClN3O3/c1-18(2,26)19(3,4)27-20-14-9-7-13(8-10-14)15-11-24(22-17(15)21)12-16(25)23(5)6/h7-11,20,26H,12H2,1-6H3. The average molecular weight is 392 g/mol. The third-order valence-corrected chi connectivity index (χ3v) is 5.13. The van der Waals surface area contributed by atoms with E-state index in [1.165, 1.54) is 4.90 Å². The zero-order valence-corrected chi connectivity index (χ0v) is 17.5. The van der Waals surface area contributed by atoms with E-state index in [2.05, 4.69) is 5.10 Å². The highest BCUT2D eigenvalue weighted by Crippen LogP contribution is 2.27. The molecule has 0 aliphatic rings. The van der Waals surface area contributed by atoms with Crippen LogP contribution >= 0.6 is 11.6 Å². The van der Waals surface area contributed by atoms with Crippen LogP contribution in [-0.2, 0) is 16.0 Å². The summed E-state index contributed by atoms with van der Waals surface area (Å²) < 4.78 is 7.43. The van der Waals surface area contributed by atoms with Gasteiger partial charge in [0.2, 0.25) is 5.91 Å². The molecule has 8 heteroatoms. The van der Waals surface area contributed by atoms with Crippen LogP contribution in [0.15, 0.2) is 30.5 Å². The molecule has 27 heavy (non-hydrogen) atoms. The molecular weight excluding hydrogens is 364 g/mol. The van der Waals surface area contributed by atoms with Crippen molar-refractivity contribution in [1.82, 2.24) is 14.7 Å². The predicted octanol–water partition coefficient (Wildman–Crippen LogP) is 1.83. The molecule has 1 aromatic carbocycles. The van der Waals surface area contributed by atoms with Crippen molar-refractivity contribution in [1.29, 1.82) is 0 Å². The molecule has 0 fully saturated rings. The van der Waals surface area contributed by atoms with Crippen LogP contribution in [0.5, 0.6) is 0 Å². The number of aromatic nitrogens is 2. The van der Waals surface area contributed by atoms with Crippen LogP contribution in [-0.4, -0.2) is 58.5 Å². The van der Waals surface area contributed by atoms with Crippen LogP contribution in [0.2, 0.25) is 5.15 Å². The van der Waals surface area contributed by atoms with Crippen LogP contribution in [0.25, 0.3) is 11.1 Å². The van der Waals surface area contributed by atoms with Gasteiger partial charge in [0.25, 0.3) is 0 Å². The smallest absolute Gasteiger partial charge is 0.309 e. The first-order valence-electron chi connectivity index (χ1n) is 8.79. The number of aliphatic hydroxyl groups is 1. The molecule has 0 spiro atoms. The number of halogens is 1. The Hall–Kier alpha value is -1.83. The summed E-state index contributed by atoms with van der Waals surface area (Å²) in [6.45, 7) is 7.34. The number of carbonyl (C=O) groups excluding carboxylic acids is 1. The Bertz CT molecular complexity index is 796. The van der Waals surface area contributed by atoms with E-state index in [1.807, 2.05) is 38.1 Å². The van der Waals surface area contributed by atoms with Gasteiger partial charge in [-0.05, 0) is 33.3 Å². The van der Waals surface area contributed by atoms with Gasteiger partial charge in [-0.15, -0.1) is 0 Å². The van der Waals surface area contributed by atoms with E-state index in [4.69, 9.17) is 16.3 Å². The van der Waals surface area contributed by atoms with Gasteiger partial charge in [0.15, 0.2) is 5.15 Å². The lowest BCUT2D eigenvalue weighted by Crippen LogP contribution is -2.49. The fraction of sp³-hybridized carbons (Fsp3) is 0.474. The minimum atomic E-state index is -0.945. The van der Waals surface area contributed by atoms with E-state index < -0.39 is 11.2 Å². The summed E-state index contributed by atoms with van der Waals surface area (Å²) in [5, 5.41) is 14.7. The summed E-state index contributed by atoms with van der Waals surface area (Å²) in [4.78, 5) is 13.3. The second kappa shape index (κ2) is 8.04. The van der Waals surface area contributed by atoms with Gasteiger partial charge in [-0.1, -0.05) is 41.3 Å². The molecule has 6 nitrogen and oxygen atoms in total. The predicted molar refractivity (Wildman–Crippen MR) is 110 cm³/mol. The van der Waals surface area contributed by atoms with E-state index in [9.17, 15) is 9.90 Å². The van der Waals surface area contributed by atoms with Gasteiger partial charge in [0, 0.05) is 25.9 Å². The number of rotatable bonds is 7. The molecule has 0 saturated carbocycles. The van der Waals surface area contributed by atoms with Gasteiger partial charge in [-0.25, -0.2) is 0 Å². The van der Waals surface area contributed by atoms with Crippen LogP contribution in [0.1, 0.15) is 27.7 Å². The molecule has 0 bridgehead atoms. The lowest BCUT2D eigenvalue weighted by molar-refractivity contribution is -0.129. The average Bonchev–Trinajstić information content (AvgIpc) is 2.92. The molecule has 2 aromatic rings. The van der Waals surface area contributed by atoms with Crippen LogP contribution < -0.4 is 5.46 Å². The van der Waals surface area contributed by atoms with Crippen molar-refractivity contribution in [2.24, 2.45) is 0 Å². The van der Waals surface area contributed by atoms with Crippen LogP contribution in [0.3, 0.4) is 0 Å². The number of hydrogen-bond acceptors (Lipinski definition) is 4. The Morgan fingerprint density at radius 3 is 2.37 bits per heavy atom. The maximum absolute atomic E-state index is 11.8. The molecule has 0 unspecified atom stereocenters. The summed E-state index contributed by atoms with van der Waals surface area (Å²) >= 11 is 6.24. The van der Waals surface area contributed by atoms with Gasteiger partial charge < -0.3 is 14.7 Å². The molecule has 0 radical (unpaired) electrons. The minimum Gasteiger partial charge on any atom is -0.427 e. The van der Waals surface area contributed by atoms with Crippen molar-refractivity contribution in [2.45, 2.75) is 45.4 Å². The fourth-order valence-electron chi connectivity index (χ4n) is 2.17. The molecule has 1 amide bonds. The van der Waals surface area contributed by atoms with E-state index in [1.54, 1.807) is 38.8 Å². The second-order valence-corrected chi connectivity index (χ2v) is 8.23. The van der Waals surface area contributed by atoms with Gasteiger partial charge in [0.05, 0.1) is 11.2 Å². The third-order valence-electron chi connectivity index (χ3n) is 4.85. The first-order valence-corrected chi connectivity index (χ1v) is 9.17. The highest BCUT2D eigenvalue weighted by molar-refractivity contribution is 6.47. The highest BCUT2D eigenvalue weighted by Gasteiger charge is 2.35. The first kappa shape index (κ1) is 21.5. The Labute approximate surface area is 166 Å². The molecule has 1 heterocycles. The fourth-order valence-corrected chi connectivity index (χ4v) is 2.43. The molecular formula is C19H27BClN3O3. The Balaban J connectivity index is 2.09. The number of hydrogen-bond donors (Lipinski definition) is 1. The lowest BCUT2D eigenvalue weighted by Gasteiger charge is -2.37. The normalized spacial score (nSPS) is 12.1. The number of nitrogens with zero attached hydrogens (tertiary/aromatic N) is 3. The molecule has 1 N–H and O–H groups in total. The van der Waals surface area contributed by atoms with Gasteiger partial charge >= 0.3 is 7.48 Å². The Kier molecular flexibility index (Phi) is 6.40. The van der Waals surface area contributed by atoms with Crippen molar-refractivity contribution in [3.8, 4) is 11.1 Å². The van der Waals surface area contributed by atoms with E-state index in [-0.39, 0.29) is 12.5 Å². The first-order chi connectivity index (χ1) is 12.4. The van der Waals surface area contributed by atoms with Crippen LogP contribution in [0.4, 0.5) is 0 Å². The number of amides is 1. The maximum Gasteiger partial charge on any atom is 0.309 e. The molecule has 0 aliphatic carbocycles. The highest BCUT2D eigenvalue weighted by atomic mass is 35.5. The topological polar surface area (TPSA) is 67.6 Å². The van der Waals surface area contributed by atoms with Gasteiger partial charge in [-0.2, -0.15) is 5.10 Å². The van der Waals surface area contributed by atoms with Crippen molar-refractivity contribution >= 4 is 30.5 Å². The summed E-state index contributed by atoms with van der Waals surface area (Å²) in [7, 11) is 3.80.